The number of ether oxygens (including phenoxy) is 1. The molecule has 0 spiro atoms. The molecule has 0 saturated heterocycles. The van der Waals surface area contributed by atoms with Crippen molar-refractivity contribution in [1.29, 1.82) is 0 Å². The van der Waals surface area contributed by atoms with E-state index in [0.717, 1.165) is 10.7 Å². The second-order valence-corrected chi connectivity index (χ2v) is 7.93. The number of nitrogens with zero attached hydrogens (tertiary/aromatic N) is 2. The van der Waals surface area contributed by atoms with Crippen LogP contribution in [0.4, 0.5) is 5.69 Å². The van der Waals surface area contributed by atoms with Crippen LogP contribution in [0.1, 0.15) is 26.3 Å². The number of hydrazone groups is 1. The van der Waals surface area contributed by atoms with Crippen LogP contribution in [0, 0.1) is 10.1 Å². The molecule has 0 aliphatic rings. The van der Waals surface area contributed by atoms with E-state index in [1.807, 2.05) is 0 Å². The van der Waals surface area contributed by atoms with Gasteiger partial charge >= 0.3 is 11.7 Å². The summed E-state index contributed by atoms with van der Waals surface area (Å²) in [4.78, 5) is 35.5. The molecule has 162 valence electrons. The van der Waals surface area contributed by atoms with Crippen molar-refractivity contribution in [3.8, 4) is 5.75 Å². The maximum absolute atomic E-state index is 12.6. The number of nitro groups is 1. The Hall–Kier alpha value is -3.27. The summed E-state index contributed by atoms with van der Waals surface area (Å²) in [6, 6.07) is 14.7. The van der Waals surface area contributed by atoms with Gasteiger partial charge in [0.25, 0.3) is 5.91 Å². The highest BCUT2D eigenvalue weighted by molar-refractivity contribution is 9.10. The number of hydrogen-bond donors (Lipinski definition) is 1. The van der Waals surface area contributed by atoms with Gasteiger partial charge in [-0.2, -0.15) is 5.10 Å². The van der Waals surface area contributed by atoms with E-state index in [9.17, 15) is 19.7 Å². The standard InChI is InChI=1S/C21H12BrCl2N3O5/c22-14-6-4-12(5-7-14)20(28)26-25-11-13-2-1-3-18(27(30)31)19(13)32-21(29)16-9-8-15(23)10-17(16)24/h1-11H,(H,26,28)/b25-11+. The minimum atomic E-state index is -0.922. The number of hydrogen-bond acceptors (Lipinski definition) is 6. The van der Waals surface area contributed by atoms with Crippen molar-refractivity contribution in [2.45, 2.75) is 0 Å². The van der Waals surface area contributed by atoms with Crippen molar-refractivity contribution in [3.63, 3.8) is 0 Å². The van der Waals surface area contributed by atoms with Gasteiger partial charge in [-0.3, -0.25) is 14.9 Å². The Labute approximate surface area is 200 Å². The van der Waals surface area contributed by atoms with Crippen molar-refractivity contribution in [2.75, 3.05) is 0 Å². The van der Waals surface area contributed by atoms with Crippen LogP contribution in [-0.2, 0) is 0 Å². The van der Waals surface area contributed by atoms with Gasteiger partial charge < -0.3 is 4.74 Å². The highest BCUT2D eigenvalue weighted by atomic mass is 79.9. The summed E-state index contributed by atoms with van der Waals surface area (Å²) in [6.45, 7) is 0. The molecule has 3 aromatic carbocycles. The van der Waals surface area contributed by atoms with E-state index in [0.29, 0.717) is 10.6 Å². The number of para-hydroxylation sites is 1. The van der Waals surface area contributed by atoms with E-state index in [1.54, 1.807) is 24.3 Å². The van der Waals surface area contributed by atoms with E-state index in [1.165, 1.54) is 36.4 Å². The van der Waals surface area contributed by atoms with Gasteiger partial charge in [0.15, 0.2) is 0 Å². The summed E-state index contributed by atoms with van der Waals surface area (Å²) in [5.41, 5.74) is 2.27. The summed E-state index contributed by atoms with van der Waals surface area (Å²) in [6.07, 6.45) is 1.13. The Morgan fingerprint density at radius 2 is 1.81 bits per heavy atom. The van der Waals surface area contributed by atoms with Crippen LogP contribution in [0.2, 0.25) is 10.0 Å². The van der Waals surface area contributed by atoms with Crippen molar-refractivity contribution < 1.29 is 19.2 Å². The van der Waals surface area contributed by atoms with Crippen LogP contribution in [0.5, 0.6) is 5.75 Å². The molecule has 1 amide bonds. The number of halogens is 3. The Morgan fingerprint density at radius 1 is 1.09 bits per heavy atom. The average Bonchev–Trinajstić information content (AvgIpc) is 2.74. The molecular weight excluding hydrogens is 525 g/mol. The third-order valence-corrected chi connectivity index (χ3v) is 5.12. The van der Waals surface area contributed by atoms with Crippen molar-refractivity contribution >= 4 is 62.9 Å². The van der Waals surface area contributed by atoms with Crippen LogP contribution in [0.25, 0.3) is 0 Å². The second-order valence-electron chi connectivity index (χ2n) is 6.17. The van der Waals surface area contributed by atoms with Gasteiger partial charge in [0.05, 0.1) is 21.7 Å². The van der Waals surface area contributed by atoms with Crippen LogP contribution < -0.4 is 10.2 Å². The number of carbonyl (C=O) groups excluding carboxylic acids is 2. The van der Waals surface area contributed by atoms with E-state index < -0.39 is 22.5 Å². The fourth-order valence-corrected chi connectivity index (χ4v) is 3.28. The highest BCUT2D eigenvalue weighted by Gasteiger charge is 2.23. The smallest absolute Gasteiger partial charge is 0.345 e. The zero-order chi connectivity index (χ0) is 23.3. The molecule has 0 bridgehead atoms. The molecule has 3 aromatic rings. The van der Waals surface area contributed by atoms with E-state index in [2.05, 4.69) is 26.5 Å². The van der Waals surface area contributed by atoms with Crippen LogP contribution >= 0.6 is 39.1 Å². The number of amides is 1. The van der Waals surface area contributed by atoms with Crippen LogP contribution in [0.3, 0.4) is 0 Å². The zero-order valence-electron chi connectivity index (χ0n) is 15.9. The maximum Gasteiger partial charge on any atom is 0.345 e. The average molecular weight is 537 g/mol. The van der Waals surface area contributed by atoms with Gasteiger partial charge in [-0.25, -0.2) is 10.2 Å². The lowest BCUT2D eigenvalue weighted by atomic mass is 10.1. The predicted octanol–water partition coefficient (Wildman–Crippen LogP) is 5.65. The normalized spacial score (nSPS) is 10.7. The number of rotatable bonds is 6. The van der Waals surface area contributed by atoms with Crippen LogP contribution in [-0.4, -0.2) is 23.0 Å². The zero-order valence-corrected chi connectivity index (χ0v) is 19.0. The van der Waals surface area contributed by atoms with E-state index in [-0.39, 0.29) is 21.9 Å². The first-order chi connectivity index (χ1) is 15.3. The number of benzene rings is 3. The molecule has 3 rings (SSSR count). The van der Waals surface area contributed by atoms with Gasteiger partial charge in [-0.15, -0.1) is 0 Å². The maximum atomic E-state index is 12.6. The van der Waals surface area contributed by atoms with Gasteiger partial charge in [-0.05, 0) is 48.5 Å². The van der Waals surface area contributed by atoms with Crippen molar-refractivity contribution in [1.82, 2.24) is 5.43 Å². The van der Waals surface area contributed by atoms with Gasteiger partial charge in [0.1, 0.15) is 0 Å². The van der Waals surface area contributed by atoms with E-state index >= 15 is 0 Å². The highest BCUT2D eigenvalue weighted by Crippen LogP contribution is 2.32. The SMILES string of the molecule is O=C(N/N=C/c1cccc([N+](=O)[O-])c1OC(=O)c1ccc(Cl)cc1Cl)c1ccc(Br)cc1. The molecule has 0 aliphatic heterocycles. The van der Waals surface area contributed by atoms with Crippen molar-refractivity contribution in [3.05, 3.63) is 102 Å². The molecule has 0 radical (unpaired) electrons. The minimum absolute atomic E-state index is 0.0260. The Morgan fingerprint density at radius 3 is 2.47 bits per heavy atom. The molecular formula is C21H12BrCl2N3O5. The molecule has 8 nitrogen and oxygen atoms in total. The summed E-state index contributed by atoms with van der Waals surface area (Å²) < 4.78 is 6.09. The fraction of sp³-hybridized carbons (Fsp3) is 0. The number of nitrogens with one attached hydrogen (secondary N) is 1. The molecule has 0 atom stereocenters. The molecule has 0 unspecified atom stereocenters. The molecule has 1 N–H and O–H groups in total. The second kappa shape index (κ2) is 10.4. The van der Waals surface area contributed by atoms with Gasteiger partial charge in [-0.1, -0.05) is 45.2 Å². The summed E-state index contributed by atoms with van der Waals surface area (Å²) in [5.74, 6) is -1.77. The molecule has 0 heterocycles. The van der Waals surface area contributed by atoms with Gasteiger partial charge in [0, 0.05) is 26.7 Å². The quantitative estimate of drug-likeness (QED) is 0.144. The first-order valence-electron chi connectivity index (χ1n) is 8.80. The number of carbonyl (C=O) groups is 2. The van der Waals surface area contributed by atoms with E-state index in [4.69, 9.17) is 27.9 Å². The summed E-state index contributed by atoms with van der Waals surface area (Å²) in [5, 5.41) is 15.6. The third kappa shape index (κ3) is 5.70. The Kier molecular flexibility index (Phi) is 7.57. The third-order valence-electron chi connectivity index (χ3n) is 4.04. The molecule has 0 aromatic heterocycles. The Balaban J connectivity index is 1.86. The molecule has 32 heavy (non-hydrogen) atoms. The number of nitro benzene ring substituents is 1. The van der Waals surface area contributed by atoms with Crippen LogP contribution in [0.15, 0.2) is 70.2 Å². The topological polar surface area (TPSA) is 111 Å². The minimum Gasteiger partial charge on any atom is -0.415 e. The van der Waals surface area contributed by atoms with Gasteiger partial charge in [0.2, 0.25) is 5.75 Å². The summed E-state index contributed by atoms with van der Waals surface area (Å²) in [7, 11) is 0. The molecule has 0 fully saturated rings. The lowest BCUT2D eigenvalue weighted by Crippen LogP contribution is -2.17. The Bertz CT molecular complexity index is 1230. The molecule has 0 aliphatic carbocycles. The fourth-order valence-electron chi connectivity index (χ4n) is 2.53. The lowest BCUT2D eigenvalue weighted by Gasteiger charge is -2.09. The first kappa shape index (κ1) is 23.4. The molecule has 0 saturated carbocycles. The lowest BCUT2D eigenvalue weighted by molar-refractivity contribution is -0.385. The number of esters is 1. The first-order valence-corrected chi connectivity index (χ1v) is 10.3. The largest absolute Gasteiger partial charge is 0.415 e. The van der Waals surface area contributed by atoms with Crippen molar-refractivity contribution in [2.24, 2.45) is 5.10 Å². The predicted molar refractivity (Wildman–Crippen MR) is 124 cm³/mol. The summed E-state index contributed by atoms with van der Waals surface area (Å²) >= 11 is 15.1. The monoisotopic (exact) mass is 535 g/mol. The molecule has 11 heteroatoms.